The second kappa shape index (κ2) is 6.68. The molecule has 2 N–H and O–H groups in total. The zero-order valence-electron chi connectivity index (χ0n) is 11.4. The first-order valence-electron chi connectivity index (χ1n) is 6.90. The summed E-state index contributed by atoms with van der Waals surface area (Å²) in [4.78, 5) is 13.3. The smallest absolute Gasteiger partial charge is 0.221 e. The van der Waals surface area contributed by atoms with E-state index in [-0.39, 0.29) is 12.5 Å². The number of hydrogen-bond acceptors (Lipinski definition) is 3. The number of aliphatic hydroxyl groups is 1. The molecule has 1 fully saturated rings. The van der Waals surface area contributed by atoms with E-state index in [9.17, 15) is 9.90 Å². The fourth-order valence-electron chi connectivity index (χ4n) is 2.61. The minimum Gasteiger partial charge on any atom is -0.395 e. The standard InChI is InChI=1S/C15H22N2O2/c1-12(19)16-14-7-5-13(6-8-14)10-17-9-3-2-4-15(17)11-18/h5-8,15,18H,2-4,9-11H2,1H3,(H,16,19)/t15-/m1/s1. The lowest BCUT2D eigenvalue weighted by molar-refractivity contribution is -0.114. The second-order valence-electron chi connectivity index (χ2n) is 5.18. The highest BCUT2D eigenvalue weighted by atomic mass is 16.3. The van der Waals surface area contributed by atoms with Gasteiger partial charge in [-0.3, -0.25) is 9.69 Å². The summed E-state index contributed by atoms with van der Waals surface area (Å²) in [6.07, 6.45) is 3.50. The van der Waals surface area contributed by atoms with Gasteiger partial charge in [0, 0.05) is 25.2 Å². The van der Waals surface area contributed by atoms with Crippen molar-refractivity contribution in [3.8, 4) is 0 Å². The quantitative estimate of drug-likeness (QED) is 0.872. The molecule has 0 aliphatic carbocycles. The summed E-state index contributed by atoms with van der Waals surface area (Å²) in [5, 5.41) is 12.2. The number of nitrogens with zero attached hydrogens (tertiary/aromatic N) is 1. The maximum atomic E-state index is 10.9. The highest BCUT2D eigenvalue weighted by molar-refractivity contribution is 5.88. The lowest BCUT2D eigenvalue weighted by atomic mass is 10.0. The van der Waals surface area contributed by atoms with E-state index in [4.69, 9.17) is 0 Å². The molecule has 4 nitrogen and oxygen atoms in total. The highest BCUT2D eigenvalue weighted by Gasteiger charge is 2.21. The van der Waals surface area contributed by atoms with Gasteiger partial charge in [0.05, 0.1) is 6.61 Å². The Kier molecular flexibility index (Phi) is 4.93. The van der Waals surface area contributed by atoms with Crippen molar-refractivity contribution in [2.24, 2.45) is 0 Å². The highest BCUT2D eigenvalue weighted by Crippen LogP contribution is 2.20. The normalized spacial score (nSPS) is 20.2. The number of anilines is 1. The third-order valence-corrected chi connectivity index (χ3v) is 3.62. The molecule has 1 aromatic rings. The zero-order chi connectivity index (χ0) is 13.7. The lowest BCUT2D eigenvalue weighted by Gasteiger charge is -2.34. The van der Waals surface area contributed by atoms with E-state index in [1.54, 1.807) is 0 Å². The van der Waals surface area contributed by atoms with E-state index in [0.717, 1.165) is 25.2 Å². The predicted molar refractivity (Wildman–Crippen MR) is 75.9 cm³/mol. The SMILES string of the molecule is CC(=O)Nc1ccc(CN2CCCC[C@@H]2CO)cc1. The van der Waals surface area contributed by atoms with Crippen molar-refractivity contribution in [2.45, 2.75) is 38.8 Å². The van der Waals surface area contributed by atoms with E-state index in [2.05, 4.69) is 10.2 Å². The van der Waals surface area contributed by atoms with Crippen LogP contribution in [0.25, 0.3) is 0 Å². The summed E-state index contributed by atoms with van der Waals surface area (Å²) in [6, 6.07) is 8.22. The molecular weight excluding hydrogens is 240 g/mol. The molecule has 1 aliphatic rings. The summed E-state index contributed by atoms with van der Waals surface area (Å²) in [5.74, 6) is -0.0517. The Morgan fingerprint density at radius 1 is 1.37 bits per heavy atom. The van der Waals surface area contributed by atoms with Gasteiger partial charge in [0.15, 0.2) is 0 Å². The number of carbonyl (C=O) groups excluding carboxylic acids is 1. The molecule has 1 aromatic carbocycles. The number of benzene rings is 1. The number of likely N-dealkylation sites (tertiary alicyclic amines) is 1. The number of aliphatic hydroxyl groups excluding tert-OH is 1. The molecule has 0 spiro atoms. The molecule has 0 bridgehead atoms. The Morgan fingerprint density at radius 3 is 2.74 bits per heavy atom. The van der Waals surface area contributed by atoms with Gasteiger partial charge in [-0.1, -0.05) is 18.6 Å². The summed E-state index contributed by atoms with van der Waals surface area (Å²) in [7, 11) is 0. The molecule has 104 valence electrons. The van der Waals surface area contributed by atoms with Gasteiger partial charge in [0.1, 0.15) is 0 Å². The second-order valence-corrected chi connectivity index (χ2v) is 5.18. The first-order chi connectivity index (χ1) is 9.19. The molecule has 0 aromatic heterocycles. The third kappa shape index (κ3) is 4.04. The number of carbonyl (C=O) groups is 1. The van der Waals surface area contributed by atoms with Gasteiger partial charge in [-0.15, -0.1) is 0 Å². The van der Waals surface area contributed by atoms with Crippen LogP contribution in [0.4, 0.5) is 5.69 Å². The van der Waals surface area contributed by atoms with Crippen LogP contribution in [0.1, 0.15) is 31.7 Å². The molecule has 1 atom stereocenters. The Balaban J connectivity index is 1.96. The zero-order valence-corrected chi connectivity index (χ0v) is 11.4. The number of piperidine rings is 1. The number of rotatable bonds is 4. The molecule has 19 heavy (non-hydrogen) atoms. The first-order valence-corrected chi connectivity index (χ1v) is 6.90. The minimum absolute atomic E-state index is 0.0517. The van der Waals surface area contributed by atoms with Gasteiger partial charge in [0.25, 0.3) is 0 Å². The molecule has 0 unspecified atom stereocenters. The molecule has 1 heterocycles. The van der Waals surface area contributed by atoms with Crippen molar-refractivity contribution in [1.82, 2.24) is 4.90 Å². The monoisotopic (exact) mass is 262 g/mol. The summed E-state index contributed by atoms with van der Waals surface area (Å²) in [5.41, 5.74) is 2.04. The van der Waals surface area contributed by atoms with Crippen molar-refractivity contribution in [1.29, 1.82) is 0 Å². The van der Waals surface area contributed by atoms with Crippen LogP contribution in [0.15, 0.2) is 24.3 Å². The lowest BCUT2D eigenvalue weighted by Crippen LogP contribution is -2.41. The molecule has 0 saturated carbocycles. The summed E-state index contributed by atoms with van der Waals surface area (Å²) in [6.45, 7) is 3.67. The molecule has 4 heteroatoms. The van der Waals surface area contributed by atoms with E-state index >= 15 is 0 Å². The van der Waals surface area contributed by atoms with Crippen molar-refractivity contribution in [3.05, 3.63) is 29.8 Å². The largest absolute Gasteiger partial charge is 0.395 e. The van der Waals surface area contributed by atoms with Crippen LogP contribution < -0.4 is 5.32 Å². The number of hydrogen-bond donors (Lipinski definition) is 2. The Bertz CT molecular complexity index is 417. The van der Waals surface area contributed by atoms with Crippen LogP contribution >= 0.6 is 0 Å². The fraction of sp³-hybridized carbons (Fsp3) is 0.533. The van der Waals surface area contributed by atoms with Gasteiger partial charge < -0.3 is 10.4 Å². The van der Waals surface area contributed by atoms with E-state index in [1.165, 1.54) is 25.3 Å². The van der Waals surface area contributed by atoms with Crippen LogP contribution in [0.2, 0.25) is 0 Å². The molecule has 1 amide bonds. The molecule has 2 rings (SSSR count). The minimum atomic E-state index is -0.0517. The van der Waals surface area contributed by atoms with E-state index in [0.29, 0.717) is 6.04 Å². The maximum Gasteiger partial charge on any atom is 0.221 e. The first kappa shape index (κ1) is 14.0. The van der Waals surface area contributed by atoms with Gasteiger partial charge in [-0.2, -0.15) is 0 Å². The average Bonchev–Trinajstić information content (AvgIpc) is 2.41. The Labute approximate surface area is 114 Å². The average molecular weight is 262 g/mol. The van der Waals surface area contributed by atoms with Crippen molar-refractivity contribution in [3.63, 3.8) is 0 Å². The number of nitrogens with one attached hydrogen (secondary N) is 1. The van der Waals surface area contributed by atoms with Gasteiger partial charge in [0.2, 0.25) is 5.91 Å². The molecule has 0 radical (unpaired) electrons. The third-order valence-electron chi connectivity index (χ3n) is 3.62. The van der Waals surface area contributed by atoms with Crippen molar-refractivity contribution >= 4 is 11.6 Å². The van der Waals surface area contributed by atoms with Gasteiger partial charge in [-0.25, -0.2) is 0 Å². The van der Waals surface area contributed by atoms with Crippen LogP contribution in [0, 0.1) is 0 Å². The Morgan fingerprint density at radius 2 is 2.11 bits per heavy atom. The van der Waals surface area contributed by atoms with Crippen molar-refractivity contribution in [2.75, 3.05) is 18.5 Å². The molecule has 1 aliphatic heterocycles. The summed E-state index contributed by atoms with van der Waals surface area (Å²) >= 11 is 0. The molecule has 1 saturated heterocycles. The van der Waals surface area contributed by atoms with Crippen LogP contribution in [0.3, 0.4) is 0 Å². The van der Waals surface area contributed by atoms with E-state index in [1.807, 2.05) is 24.3 Å². The van der Waals surface area contributed by atoms with Crippen LogP contribution in [-0.2, 0) is 11.3 Å². The predicted octanol–water partition coefficient (Wildman–Crippen LogP) is 1.99. The maximum absolute atomic E-state index is 10.9. The van der Waals surface area contributed by atoms with Gasteiger partial charge >= 0.3 is 0 Å². The topological polar surface area (TPSA) is 52.6 Å². The molecular formula is C15H22N2O2. The Hall–Kier alpha value is -1.39. The van der Waals surface area contributed by atoms with Crippen molar-refractivity contribution < 1.29 is 9.90 Å². The van der Waals surface area contributed by atoms with E-state index < -0.39 is 0 Å². The van der Waals surface area contributed by atoms with Crippen LogP contribution in [0.5, 0.6) is 0 Å². The van der Waals surface area contributed by atoms with Gasteiger partial charge in [-0.05, 0) is 37.1 Å². The summed E-state index contributed by atoms with van der Waals surface area (Å²) < 4.78 is 0. The number of amides is 1. The van der Waals surface area contributed by atoms with Crippen LogP contribution in [-0.4, -0.2) is 35.1 Å². The fourth-order valence-corrected chi connectivity index (χ4v) is 2.61.